The molecule has 2 bridgehead atoms. The number of anilines is 1. The van der Waals surface area contributed by atoms with Gasteiger partial charge in [-0.15, -0.1) is 6.58 Å². The number of nitro groups is 1. The summed E-state index contributed by atoms with van der Waals surface area (Å²) >= 11 is 0. The predicted octanol–water partition coefficient (Wildman–Crippen LogP) is 3.99. The Labute approximate surface area is 225 Å². The Kier molecular flexibility index (Phi) is 4.97. The number of benzene rings is 2. The Morgan fingerprint density at radius 3 is 2.49 bits per heavy atom. The minimum Gasteiger partial charge on any atom is -0.463 e. The van der Waals surface area contributed by atoms with Crippen LogP contribution in [0.15, 0.2) is 73.3 Å². The van der Waals surface area contributed by atoms with Crippen molar-refractivity contribution >= 4 is 29.3 Å². The molecule has 2 saturated heterocycles. The normalized spacial score (nSPS) is 32.9. The highest BCUT2D eigenvalue weighted by atomic mass is 16.6. The summed E-state index contributed by atoms with van der Waals surface area (Å²) in [5, 5.41) is 11.4. The average Bonchev–Trinajstić information content (AvgIpc) is 3.66. The van der Waals surface area contributed by atoms with E-state index in [2.05, 4.69) is 24.5 Å². The molecule has 39 heavy (non-hydrogen) atoms. The van der Waals surface area contributed by atoms with E-state index in [-0.39, 0.29) is 36.3 Å². The standard InChI is InChI=1S/C30H27N3O6/c1-3-13-29(2)20-6-4-5-7-21(20)32(30(29)14-12-18-17-19(33(36)37)8-9-22(18)39-30)16-15-31-27(34)25-23-10-11-24(38-23)26(25)28(31)35/h3-12,14,17,23-26H,1,13,15-16H2,2H3. The number of rotatable bonds is 6. The van der Waals surface area contributed by atoms with E-state index in [1.165, 1.54) is 17.0 Å². The number of amides is 2. The Morgan fingerprint density at radius 1 is 1.08 bits per heavy atom. The van der Waals surface area contributed by atoms with Crippen molar-refractivity contribution in [3.05, 3.63) is 94.6 Å². The monoisotopic (exact) mass is 525 g/mol. The van der Waals surface area contributed by atoms with Gasteiger partial charge in [-0.2, -0.15) is 0 Å². The number of hydrogen-bond acceptors (Lipinski definition) is 7. The maximum absolute atomic E-state index is 13.3. The van der Waals surface area contributed by atoms with Gasteiger partial charge in [0.1, 0.15) is 5.75 Å². The van der Waals surface area contributed by atoms with E-state index < -0.39 is 27.9 Å². The molecular weight excluding hydrogens is 498 g/mol. The molecule has 5 aliphatic heterocycles. The molecule has 0 saturated carbocycles. The summed E-state index contributed by atoms with van der Waals surface area (Å²) in [7, 11) is 0. The molecule has 0 radical (unpaired) electrons. The van der Waals surface area contributed by atoms with Crippen LogP contribution in [0.2, 0.25) is 0 Å². The third-order valence-electron chi connectivity index (χ3n) is 9.04. The first kappa shape index (κ1) is 23.8. The Balaban J connectivity index is 1.27. The van der Waals surface area contributed by atoms with Gasteiger partial charge >= 0.3 is 0 Å². The van der Waals surface area contributed by atoms with Gasteiger partial charge in [0.05, 0.1) is 34.4 Å². The van der Waals surface area contributed by atoms with Gasteiger partial charge in [0.2, 0.25) is 17.5 Å². The lowest BCUT2D eigenvalue weighted by Crippen LogP contribution is -2.61. The van der Waals surface area contributed by atoms with Crippen molar-refractivity contribution < 1.29 is 24.0 Å². The number of imide groups is 1. The molecule has 2 fully saturated rings. The summed E-state index contributed by atoms with van der Waals surface area (Å²) in [6.07, 6.45) is 9.37. The molecule has 5 aliphatic rings. The fraction of sp³-hybridized carbons (Fsp3) is 0.333. The molecule has 6 unspecified atom stereocenters. The number of carbonyl (C=O) groups is 2. The second-order valence-electron chi connectivity index (χ2n) is 10.9. The molecule has 9 nitrogen and oxygen atoms in total. The van der Waals surface area contributed by atoms with Crippen molar-refractivity contribution in [3.8, 4) is 5.75 Å². The van der Waals surface area contributed by atoms with E-state index in [4.69, 9.17) is 9.47 Å². The Hall–Kier alpha value is -4.24. The zero-order valence-corrected chi connectivity index (χ0v) is 21.4. The minimum atomic E-state index is -1.01. The Morgan fingerprint density at radius 2 is 1.79 bits per heavy atom. The zero-order valence-electron chi connectivity index (χ0n) is 21.4. The molecule has 5 heterocycles. The predicted molar refractivity (Wildman–Crippen MR) is 143 cm³/mol. The molecule has 2 amide bonds. The lowest BCUT2D eigenvalue weighted by atomic mass is 9.72. The highest BCUT2D eigenvalue weighted by Gasteiger charge is 2.63. The Bertz CT molecular complexity index is 1490. The quantitative estimate of drug-likeness (QED) is 0.243. The van der Waals surface area contributed by atoms with Crippen LogP contribution < -0.4 is 9.64 Å². The second-order valence-corrected chi connectivity index (χ2v) is 10.9. The molecule has 0 aliphatic carbocycles. The summed E-state index contributed by atoms with van der Waals surface area (Å²) in [5.74, 6) is -0.748. The van der Waals surface area contributed by atoms with Crippen LogP contribution in [0.3, 0.4) is 0 Å². The van der Waals surface area contributed by atoms with Crippen LogP contribution in [-0.4, -0.2) is 52.7 Å². The van der Waals surface area contributed by atoms with Crippen LogP contribution in [0.5, 0.6) is 5.75 Å². The number of para-hydroxylation sites is 1. The maximum atomic E-state index is 13.3. The topological polar surface area (TPSA) is 102 Å². The van der Waals surface area contributed by atoms with Gasteiger partial charge in [-0.05, 0) is 43.2 Å². The van der Waals surface area contributed by atoms with E-state index >= 15 is 0 Å². The number of nitro benzene ring substituents is 1. The molecule has 7 rings (SSSR count). The van der Waals surface area contributed by atoms with Gasteiger partial charge in [-0.25, -0.2) is 0 Å². The summed E-state index contributed by atoms with van der Waals surface area (Å²) < 4.78 is 12.6. The third kappa shape index (κ3) is 3.04. The minimum absolute atomic E-state index is 0.0117. The zero-order chi connectivity index (χ0) is 27.1. The molecule has 6 atom stereocenters. The SMILES string of the molecule is C=CCC1(C)c2ccccc2N(CCN2C(=O)C3C4C=CC(O4)C3C2=O)C12C=Cc1cc([N+](=O)[O-])ccc1O2. The molecule has 0 N–H and O–H groups in total. The molecule has 1 spiro atoms. The highest BCUT2D eigenvalue weighted by Crippen LogP contribution is 2.57. The van der Waals surface area contributed by atoms with Crippen molar-refractivity contribution in [2.24, 2.45) is 11.8 Å². The van der Waals surface area contributed by atoms with Gasteiger partial charge in [-0.1, -0.05) is 36.4 Å². The van der Waals surface area contributed by atoms with Crippen molar-refractivity contribution in [2.45, 2.75) is 36.7 Å². The van der Waals surface area contributed by atoms with Crippen molar-refractivity contribution in [2.75, 3.05) is 18.0 Å². The van der Waals surface area contributed by atoms with Crippen molar-refractivity contribution in [1.29, 1.82) is 0 Å². The largest absolute Gasteiger partial charge is 0.463 e. The number of fused-ring (bicyclic) bond motifs is 7. The maximum Gasteiger partial charge on any atom is 0.270 e. The summed E-state index contributed by atoms with van der Waals surface area (Å²) in [6, 6.07) is 12.6. The summed E-state index contributed by atoms with van der Waals surface area (Å²) in [4.78, 5) is 41.1. The smallest absolute Gasteiger partial charge is 0.270 e. The molecule has 9 heteroatoms. The van der Waals surface area contributed by atoms with Gasteiger partial charge in [-0.3, -0.25) is 24.6 Å². The van der Waals surface area contributed by atoms with Crippen LogP contribution in [0.25, 0.3) is 6.08 Å². The number of ether oxygens (including phenoxy) is 2. The number of nitrogens with zero attached hydrogens (tertiary/aromatic N) is 3. The van der Waals surface area contributed by atoms with E-state index in [9.17, 15) is 19.7 Å². The fourth-order valence-electron chi connectivity index (χ4n) is 7.18. The molecule has 198 valence electrons. The van der Waals surface area contributed by atoms with Gasteiger partial charge in [0.15, 0.2) is 0 Å². The van der Waals surface area contributed by atoms with Crippen LogP contribution in [-0.2, 0) is 19.7 Å². The second kappa shape index (κ2) is 8.13. The van der Waals surface area contributed by atoms with Crippen LogP contribution >= 0.6 is 0 Å². The first-order chi connectivity index (χ1) is 18.8. The first-order valence-electron chi connectivity index (χ1n) is 13.1. The number of allylic oxidation sites excluding steroid dienone is 1. The number of carbonyl (C=O) groups excluding carboxylic acids is 2. The highest BCUT2D eigenvalue weighted by molar-refractivity contribution is 6.06. The van der Waals surface area contributed by atoms with Crippen molar-refractivity contribution in [3.63, 3.8) is 0 Å². The first-order valence-corrected chi connectivity index (χ1v) is 13.1. The number of likely N-dealkylation sites (tertiary alicyclic amines) is 1. The third-order valence-corrected chi connectivity index (χ3v) is 9.04. The molecule has 0 aromatic heterocycles. The van der Waals surface area contributed by atoms with Crippen LogP contribution in [0, 0.1) is 22.0 Å². The van der Waals surface area contributed by atoms with Gasteiger partial charge in [0.25, 0.3) is 5.69 Å². The van der Waals surface area contributed by atoms with Crippen molar-refractivity contribution in [1.82, 2.24) is 4.90 Å². The van der Waals surface area contributed by atoms with Gasteiger partial charge < -0.3 is 14.4 Å². The fourth-order valence-corrected chi connectivity index (χ4v) is 7.18. The van der Waals surface area contributed by atoms with E-state index in [0.29, 0.717) is 24.3 Å². The van der Waals surface area contributed by atoms with E-state index in [1.807, 2.05) is 48.6 Å². The lowest BCUT2D eigenvalue weighted by Gasteiger charge is -2.48. The number of non-ortho nitro benzene ring substituents is 1. The van der Waals surface area contributed by atoms with Crippen LogP contribution in [0.4, 0.5) is 11.4 Å². The molecule has 2 aromatic carbocycles. The lowest BCUT2D eigenvalue weighted by molar-refractivity contribution is -0.384. The summed E-state index contributed by atoms with van der Waals surface area (Å²) in [5.41, 5.74) is 1.02. The van der Waals surface area contributed by atoms with Gasteiger partial charge in [0, 0.05) is 36.5 Å². The number of hydrogen-bond donors (Lipinski definition) is 0. The van der Waals surface area contributed by atoms with E-state index in [1.54, 1.807) is 6.07 Å². The summed E-state index contributed by atoms with van der Waals surface area (Å²) in [6.45, 7) is 6.68. The van der Waals surface area contributed by atoms with Crippen LogP contribution in [0.1, 0.15) is 24.5 Å². The molecule has 2 aromatic rings. The molecular formula is C30H27N3O6. The van der Waals surface area contributed by atoms with E-state index in [0.717, 1.165) is 11.3 Å². The average molecular weight is 526 g/mol.